The lowest BCUT2D eigenvalue weighted by atomic mass is 9.81. The molecule has 0 atom stereocenters. The lowest BCUT2D eigenvalue weighted by Gasteiger charge is -2.26. The van der Waals surface area contributed by atoms with Gasteiger partial charge in [0.05, 0.1) is 5.52 Å². The molecule has 0 bridgehead atoms. The van der Waals surface area contributed by atoms with Crippen molar-refractivity contribution < 1.29 is 0 Å². The normalized spacial score (nSPS) is 11.9. The number of para-hydroxylation sites is 1. The van der Waals surface area contributed by atoms with Gasteiger partial charge in [-0.3, -0.25) is 4.98 Å². The summed E-state index contributed by atoms with van der Waals surface area (Å²) in [5.74, 6) is 0. The van der Waals surface area contributed by atoms with Crippen molar-refractivity contribution >= 4 is 10.9 Å². The maximum absolute atomic E-state index is 4.79. The summed E-state index contributed by atoms with van der Waals surface area (Å²) in [6.07, 6.45) is 2.27. The Hall–Kier alpha value is -1.37. The van der Waals surface area contributed by atoms with Crippen molar-refractivity contribution in [3.05, 3.63) is 42.1 Å². The molecule has 0 aliphatic heterocycles. The molecule has 0 aliphatic carbocycles. The highest BCUT2D eigenvalue weighted by Crippen LogP contribution is 2.30. The number of aromatic nitrogens is 1. The molecule has 1 heterocycles. The minimum absolute atomic E-state index is 0.212. The molecule has 1 aromatic carbocycles. The first kappa shape index (κ1) is 11.1. The second-order valence-corrected chi connectivity index (χ2v) is 4.66. The van der Waals surface area contributed by atoms with Crippen molar-refractivity contribution in [2.75, 3.05) is 0 Å². The summed E-state index contributed by atoms with van der Waals surface area (Å²) in [5, 5.41) is 1.22. The van der Waals surface area contributed by atoms with E-state index in [0.29, 0.717) is 0 Å². The number of nitrogens with zero attached hydrogens (tertiary/aromatic N) is 1. The summed E-state index contributed by atoms with van der Waals surface area (Å²) in [6, 6.07) is 12.7. The number of hydrogen-bond acceptors (Lipinski definition) is 1. The number of hydrogen-bond donors (Lipinski definition) is 0. The van der Waals surface area contributed by atoms with E-state index >= 15 is 0 Å². The van der Waals surface area contributed by atoms with Crippen LogP contribution in [0.3, 0.4) is 0 Å². The zero-order valence-electron chi connectivity index (χ0n) is 10.3. The summed E-state index contributed by atoms with van der Waals surface area (Å²) < 4.78 is 0. The molecule has 2 rings (SSSR count). The Bertz CT molecular complexity index is 484. The maximum atomic E-state index is 4.79. The standard InChI is InChI=1S/C15H19N/c1-4-15(3,5-2)14-11-10-12-8-6-7-9-13(12)16-14/h6-11H,4-5H2,1-3H3. The smallest absolute Gasteiger partial charge is 0.0705 e. The number of benzene rings is 1. The van der Waals surface area contributed by atoms with E-state index in [4.69, 9.17) is 4.98 Å². The first-order chi connectivity index (χ1) is 7.69. The van der Waals surface area contributed by atoms with Crippen LogP contribution in [-0.4, -0.2) is 4.98 Å². The van der Waals surface area contributed by atoms with Crippen LogP contribution in [-0.2, 0) is 5.41 Å². The number of fused-ring (bicyclic) bond motifs is 1. The molecule has 0 saturated heterocycles. The van der Waals surface area contributed by atoms with Crippen LogP contribution in [0.15, 0.2) is 36.4 Å². The average Bonchev–Trinajstić information content (AvgIpc) is 2.37. The van der Waals surface area contributed by atoms with Gasteiger partial charge in [0.1, 0.15) is 0 Å². The van der Waals surface area contributed by atoms with Crippen LogP contribution in [0.1, 0.15) is 39.3 Å². The van der Waals surface area contributed by atoms with Gasteiger partial charge in [0.2, 0.25) is 0 Å². The molecular formula is C15H19N. The Morgan fingerprint density at radius 2 is 1.69 bits per heavy atom. The molecule has 16 heavy (non-hydrogen) atoms. The molecular weight excluding hydrogens is 194 g/mol. The summed E-state index contributed by atoms with van der Waals surface area (Å²) in [4.78, 5) is 4.79. The lowest BCUT2D eigenvalue weighted by Crippen LogP contribution is -2.21. The van der Waals surface area contributed by atoms with Gasteiger partial charge in [-0.1, -0.05) is 45.0 Å². The first-order valence-electron chi connectivity index (χ1n) is 6.06. The van der Waals surface area contributed by atoms with Gasteiger partial charge < -0.3 is 0 Å². The second kappa shape index (κ2) is 4.25. The summed E-state index contributed by atoms with van der Waals surface area (Å²) in [6.45, 7) is 6.77. The van der Waals surface area contributed by atoms with Crippen LogP contribution in [0.2, 0.25) is 0 Å². The highest BCUT2D eigenvalue weighted by atomic mass is 14.7. The molecule has 84 valence electrons. The molecule has 2 aromatic rings. The fraction of sp³-hybridized carbons (Fsp3) is 0.400. The SMILES string of the molecule is CCC(C)(CC)c1ccc2ccccc2n1. The van der Waals surface area contributed by atoms with Crippen molar-refractivity contribution in [3.63, 3.8) is 0 Å². The quantitative estimate of drug-likeness (QED) is 0.740. The fourth-order valence-corrected chi connectivity index (χ4v) is 2.01. The Labute approximate surface area is 97.5 Å². The maximum Gasteiger partial charge on any atom is 0.0705 e. The largest absolute Gasteiger partial charge is 0.252 e. The van der Waals surface area contributed by atoms with Gasteiger partial charge >= 0.3 is 0 Å². The number of rotatable bonds is 3. The molecule has 0 saturated carbocycles. The van der Waals surface area contributed by atoms with E-state index in [1.165, 1.54) is 11.1 Å². The minimum Gasteiger partial charge on any atom is -0.252 e. The third-order valence-electron chi connectivity index (χ3n) is 3.78. The molecule has 0 aliphatic rings. The van der Waals surface area contributed by atoms with Gasteiger partial charge in [-0.2, -0.15) is 0 Å². The van der Waals surface area contributed by atoms with E-state index in [9.17, 15) is 0 Å². The Morgan fingerprint density at radius 3 is 2.38 bits per heavy atom. The Morgan fingerprint density at radius 1 is 1.00 bits per heavy atom. The Kier molecular flexibility index (Phi) is 2.95. The van der Waals surface area contributed by atoms with Gasteiger partial charge in [-0.15, -0.1) is 0 Å². The van der Waals surface area contributed by atoms with Gasteiger partial charge in [0.15, 0.2) is 0 Å². The Balaban J connectivity index is 2.54. The van der Waals surface area contributed by atoms with Crippen molar-refractivity contribution in [2.45, 2.75) is 39.0 Å². The molecule has 0 amide bonds. The van der Waals surface area contributed by atoms with E-state index in [-0.39, 0.29) is 5.41 Å². The monoisotopic (exact) mass is 213 g/mol. The van der Waals surface area contributed by atoms with Gasteiger partial charge in [0.25, 0.3) is 0 Å². The fourth-order valence-electron chi connectivity index (χ4n) is 2.01. The van der Waals surface area contributed by atoms with Gasteiger partial charge in [-0.05, 0) is 25.0 Å². The van der Waals surface area contributed by atoms with Gasteiger partial charge in [-0.25, -0.2) is 0 Å². The predicted molar refractivity (Wildman–Crippen MR) is 69.7 cm³/mol. The van der Waals surface area contributed by atoms with Crippen LogP contribution in [0, 0.1) is 0 Å². The van der Waals surface area contributed by atoms with E-state index in [1.807, 2.05) is 6.07 Å². The van der Waals surface area contributed by atoms with Crippen molar-refractivity contribution in [1.82, 2.24) is 4.98 Å². The summed E-state index contributed by atoms with van der Waals surface area (Å²) in [7, 11) is 0. The van der Waals surface area contributed by atoms with Crippen LogP contribution in [0.5, 0.6) is 0 Å². The van der Waals surface area contributed by atoms with Crippen LogP contribution in [0.25, 0.3) is 10.9 Å². The lowest BCUT2D eigenvalue weighted by molar-refractivity contribution is 0.427. The molecule has 1 heteroatoms. The van der Waals surface area contributed by atoms with E-state index in [1.54, 1.807) is 0 Å². The molecule has 0 spiro atoms. The third kappa shape index (κ3) is 1.82. The van der Waals surface area contributed by atoms with Crippen molar-refractivity contribution in [2.24, 2.45) is 0 Å². The average molecular weight is 213 g/mol. The number of pyridine rings is 1. The van der Waals surface area contributed by atoms with E-state index < -0.39 is 0 Å². The third-order valence-corrected chi connectivity index (χ3v) is 3.78. The highest BCUT2D eigenvalue weighted by Gasteiger charge is 2.23. The molecule has 0 radical (unpaired) electrons. The van der Waals surface area contributed by atoms with Crippen LogP contribution >= 0.6 is 0 Å². The zero-order valence-corrected chi connectivity index (χ0v) is 10.3. The zero-order chi connectivity index (χ0) is 11.6. The predicted octanol–water partition coefficient (Wildman–Crippen LogP) is 4.31. The molecule has 0 unspecified atom stereocenters. The van der Waals surface area contributed by atoms with E-state index in [0.717, 1.165) is 18.4 Å². The van der Waals surface area contributed by atoms with Crippen molar-refractivity contribution in [3.8, 4) is 0 Å². The first-order valence-corrected chi connectivity index (χ1v) is 6.06. The molecule has 1 nitrogen and oxygen atoms in total. The molecule has 0 N–H and O–H groups in total. The second-order valence-electron chi connectivity index (χ2n) is 4.66. The van der Waals surface area contributed by atoms with E-state index in [2.05, 4.69) is 51.1 Å². The molecule has 0 fully saturated rings. The molecule has 1 aromatic heterocycles. The topological polar surface area (TPSA) is 12.9 Å². The summed E-state index contributed by atoms with van der Waals surface area (Å²) in [5.41, 5.74) is 2.54. The minimum atomic E-state index is 0.212. The van der Waals surface area contributed by atoms with Crippen molar-refractivity contribution in [1.29, 1.82) is 0 Å². The summed E-state index contributed by atoms with van der Waals surface area (Å²) >= 11 is 0. The highest BCUT2D eigenvalue weighted by molar-refractivity contribution is 5.78. The van der Waals surface area contributed by atoms with Gasteiger partial charge in [0, 0.05) is 16.5 Å². The van der Waals surface area contributed by atoms with Crippen LogP contribution in [0.4, 0.5) is 0 Å². The van der Waals surface area contributed by atoms with Crippen LogP contribution < -0.4 is 0 Å².